The fourth-order valence-corrected chi connectivity index (χ4v) is 5.87. The molecule has 0 radical (unpaired) electrons. The summed E-state index contributed by atoms with van der Waals surface area (Å²) in [5, 5.41) is 5.44. The maximum Gasteiger partial charge on any atom is 0.282 e. The average Bonchev–Trinajstić information content (AvgIpc) is 2.96. The van der Waals surface area contributed by atoms with Crippen LogP contribution in [0, 0.1) is 5.82 Å². The smallest absolute Gasteiger partial charge is 0.282 e. The number of nitrogens with zero attached hydrogens (tertiary/aromatic N) is 3. The lowest BCUT2D eigenvalue weighted by Crippen LogP contribution is -2.25. The summed E-state index contributed by atoms with van der Waals surface area (Å²) in [5.74, 6) is 1.29. The fraction of sp³-hybridized carbons (Fsp3) is 0.300. The molecule has 0 aliphatic heterocycles. The van der Waals surface area contributed by atoms with Gasteiger partial charge in [-0.25, -0.2) is 9.37 Å². The molecule has 0 spiro atoms. The van der Waals surface area contributed by atoms with E-state index in [0.29, 0.717) is 49.9 Å². The van der Waals surface area contributed by atoms with Crippen LogP contribution in [0.15, 0.2) is 67.4 Å². The lowest BCUT2D eigenvalue weighted by molar-refractivity contribution is 0.269. The molecule has 208 valence electrons. The Morgan fingerprint density at radius 3 is 2.58 bits per heavy atom. The lowest BCUT2D eigenvalue weighted by atomic mass is 9.88. The van der Waals surface area contributed by atoms with Gasteiger partial charge < -0.3 is 9.47 Å². The summed E-state index contributed by atoms with van der Waals surface area (Å²) in [6.45, 7) is 2.43. The molecule has 1 fully saturated rings. The average molecular weight is 692 g/mol. The molecule has 4 aromatic rings. The molecule has 0 atom stereocenters. The van der Waals surface area contributed by atoms with Crippen LogP contribution in [0.5, 0.6) is 11.5 Å². The van der Waals surface area contributed by atoms with Crippen molar-refractivity contribution in [2.45, 2.75) is 51.6 Å². The molecule has 1 saturated carbocycles. The van der Waals surface area contributed by atoms with Crippen molar-refractivity contribution in [2.24, 2.45) is 5.10 Å². The molecule has 40 heavy (non-hydrogen) atoms. The maximum absolute atomic E-state index is 13.7. The van der Waals surface area contributed by atoms with Crippen LogP contribution < -0.4 is 15.0 Å². The van der Waals surface area contributed by atoms with Crippen LogP contribution in [0.3, 0.4) is 0 Å². The third-order valence-electron chi connectivity index (χ3n) is 6.87. The van der Waals surface area contributed by atoms with E-state index >= 15 is 0 Å². The van der Waals surface area contributed by atoms with E-state index in [9.17, 15) is 9.18 Å². The van der Waals surface area contributed by atoms with Gasteiger partial charge >= 0.3 is 0 Å². The van der Waals surface area contributed by atoms with E-state index in [1.54, 1.807) is 30.5 Å². The van der Waals surface area contributed by atoms with Gasteiger partial charge in [-0.15, -0.1) is 0 Å². The van der Waals surface area contributed by atoms with E-state index in [-0.39, 0.29) is 23.9 Å². The minimum atomic E-state index is -0.317. The number of hydrogen-bond donors (Lipinski definition) is 0. The molecule has 0 saturated heterocycles. The van der Waals surface area contributed by atoms with E-state index in [1.807, 2.05) is 19.1 Å². The highest BCUT2D eigenvalue weighted by molar-refractivity contribution is 9.10. The second-order valence-corrected chi connectivity index (χ2v) is 11.7. The van der Waals surface area contributed by atoms with Crippen LogP contribution >= 0.6 is 43.5 Å². The molecule has 0 amide bonds. The fourth-order valence-electron chi connectivity index (χ4n) is 4.85. The molecular weight excluding hydrogens is 665 g/mol. The van der Waals surface area contributed by atoms with Gasteiger partial charge in [-0.1, -0.05) is 58.9 Å². The number of hydrogen-bond acceptors (Lipinski definition) is 5. The van der Waals surface area contributed by atoms with E-state index in [0.717, 1.165) is 35.7 Å². The van der Waals surface area contributed by atoms with Gasteiger partial charge in [-0.3, -0.25) is 4.79 Å². The normalized spacial score (nSPS) is 14.2. The minimum absolute atomic E-state index is 0.153. The van der Waals surface area contributed by atoms with E-state index in [2.05, 4.69) is 37.0 Å². The number of rotatable bonds is 8. The number of ether oxygens (including phenoxy) is 2. The zero-order valence-electron chi connectivity index (χ0n) is 21.8. The van der Waals surface area contributed by atoms with Crippen molar-refractivity contribution in [1.82, 2.24) is 9.66 Å². The van der Waals surface area contributed by atoms with Gasteiger partial charge in [0, 0.05) is 20.4 Å². The SMILES string of the molecule is CCOc1cc(C=Nn2c(C3CCCCC3)nc3ccc(Br)cc3c2=O)c(Br)c(Cl)c1OCc1ccc(F)cc1. The summed E-state index contributed by atoms with van der Waals surface area (Å²) < 4.78 is 27.9. The van der Waals surface area contributed by atoms with Crippen LogP contribution in [0.4, 0.5) is 4.39 Å². The Hall–Kier alpha value is -2.75. The first-order chi connectivity index (χ1) is 19.4. The standard InChI is InChI=1S/C30H27Br2ClFN3O3/c1-2-39-25-14-20(26(32)27(33)28(25)40-17-18-8-11-22(34)12-9-18)16-35-37-29(19-6-4-3-5-7-19)36-24-13-10-21(31)15-23(24)30(37)38/h8-16,19H,2-7,17H2,1H3. The first kappa shape index (κ1) is 28.8. The van der Waals surface area contributed by atoms with E-state index in [4.69, 9.17) is 26.1 Å². The molecule has 0 N–H and O–H groups in total. The first-order valence-corrected chi connectivity index (χ1v) is 15.1. The highest BCUT2D eigenvalue weighted by Gasteiger charge is 2.23. The Morgan fingerprint density at radius 2 is 1.85 bits per heavy atom. The van der Waals surface area contributed by atoms with E-state index in [1.165, 1.54) is 23.2 Å². The molecule has 1 aromatic heterocycles. The molecule has 3 aromatic carbocycles. The molecule has 5 rings (SSSR count). The summed E-state index contributed by atoms with van der Waals surface area (Å²) in [5.41, 5.74) is 1.82. The third kappa shape index (κ3) is 6.26. The van der Waals surface area contributed by atoms with Crippen LogP contribution in [0.1, 0.15) is 61.9 Å². The van der Waals surface area contributed by atoms with Crippen molar-refractivity contribution in [3.8, 4) is 11.5 Å². The highest BCUT2D eigenvalue weighted by atomic mass is 79.9. The molecule has 1 aliphatic carbocycles. The van der Waals surface area contributed by atoms with Crippen LogP contribution in [0.25, 0.3) is 10.9 Å². The summed E-state index contributed by atoms with van der Waals surface area (Å²) in [4.78, 5) is 18.6. The van der Waals surface area contributed by atoms with E-state index < -0.39 is 0 Å². The van der Waals surface area contributed by atoms with Gasteiger partial charge in [0.05, 0.1) is 23.7 Å². The Bertz CT molecular complexity index is 1620. The topological polar surface area (TPSA) is 65.7 Å². The van der Waals surface area contributed by atoms with Gasteiger partial charge in [0.25, 0.3) is 5.56 Å². The van der Waals surface area contributed by atoms with Gasteiger partial charge in [-0.2, -0.15) is 9.78 Å². The Balaban J connectivity index is 1.54. The molecule has 0 bridgehead atoms. The minimum Gasteiger partial charge on any atom is -0.490 e. The highest BCUT2D eigenvalue weighted by Crippen LogP contribution is 2.43. The summed E-state index contributed by atoms with van der Waals surface area (Å²) >= 11 is 13.8. The zero-order valence-corrected chi connectivity index (χ0v) is 25.7. The monoisotopic (exact) mass is 689 g/mol. The number of benzene rings is 3. The van der Waals surface area contributed by atoms with Gasteiger partial charge in [0.15, 0.2) is 11.5 Å². The number of fused-ring (bicyclic) bond motifs is 1. The first-order valence-electron chi connectivity index (χ1n) is 13.1. The van der Waals surface area contributed by atoms with Crippen LogP contribution in [-0.2, 0) is 6.61 Å². The van der Waals surface area contributed by atoms with Crippen LogP contribution in [-0.4, -0.2) is 22.5 Å². The summed E-state index contributed by atoms with van der Waals surface area (Å²) in [6.07, 6.45) is 6.90. The molecule has 0 unspecified atom stereocenters. The van der Waals surface area contributed by atoms with Gasteiger partial charge in [0.1, 0.15) is 23.3 Å². The Labute approximate surface area is 253 Å². The third-order valence-corrected chi connectivity index (χ3v) is 8.80. The van der Waals surface area contributed by atoms with Crippen molar-refractivity contribution in [1.29, 1.82) is 0 Å². The van der Waals surface area contributed by atoms with Gasteiger partial charge in [-0.05, 0) is 77.7 Å². The second-order valence-electron chi connectivity index (χ2n) is 9.60. The Morgan fingerprint density at radius 1 is 1.10 bits per heavy atom. The second kappa shape index (κ2) is 12.8. The quantitative estimate of drug-likeness (QED) is 0.174. The van der Waals surface area contributed by atoms with Crippen molar-refractivity contribution in [2.75, 3.05) is 6.61 Å². The van der Waals surface area contributed by atoms with Crippen LogP contribution in [0.2, 0.25) is 5.02 Å². The van der Waals surface area contributed by atoms with Gasteiger partial charge in [0.2, 0.25) is 0 Å². The number of halogens is 4. The van der Waals surface area contributed by atoms with Crippen molar-refractivity contribution in [3.63, 3.8) is 0 Å². The number of aromatic nitrogens is 2. The zero-order chi connectivity index (χ0) is 28.2. The molecule has 1 heterocycles. The molecular formula is C30H27Br2ClFN3O3. The predicted molar refractivity (Wildman–Crippen MR) is 164 cm³/mol. The molecule has 10 heteroatoms. The summed E-state index contributed by atoms with van der Waals surface area (Å²) in [6, 6.07) is 13.3. The molecule has 1 aliphatic rings. The Kier molecular flexibility index (Phi) is 9.23. The maximum atomic E-state index is 13.7. The predicted octanol–water partition coefficient (Wildman–Crippen LogP) is 8.62. The largest absolute Gasteiger partial charge is 0.490 e. The molecule has 6 nitrogen and oxygen atoms in total. The summed E-state index contributed by atoms with van der Waals surface area (Å²) in [7, 11) is 0. The van der Waals surface area contributed by atoms with Crippen molar-refractivity contribution >= 4 is 60.6 Å². The van der Waals surface area contributed by atoms with Crippen molar-refractivity contribution in [3.05, 3.63) is 95.6 Å². The van der Waals surface area contributed by atoms with Crippen molar-refractivity contribution < 1.29 is 13.9 Å². The lowest BCUT2D eigenvalue weighted by Gasteiger charge is -2.23.